The number of sulfone groups is 1. The lowest BCUT2D eigenvalue weighted by Crippen LogP contribution is -2.52. The van der Waals surface area contributed by atoms with Crippen LogP contribution in [0.3, 0.4) is 0 Å². The molecule has 9 nitrogen and oxygen atoms in total. The third kappa shape index (κ3) is 5.00. The number of aromatic nitrogens is 2. The molecule has 1 aromatic carbocycles. The molecule has 3 aliphatic rings. The Bertz CT molecular complexity index is 1250. The Hall–Kier alpha value is -2.88. The number of rotatable bonds is 3. The third-order valence-electron chi connectivity index (χ3n) is 7.54. The van der Waals surface area contributed by atoms with Crippen molar-refractivity contribution < 1.29 is 22.7 Å². The first-order valence-corrected chi connectivity index (χ1v) is 14.7. The van der Waals surface area contributed by atoms with Gasteiger partial charge in [-0.3, -0.25) is 14.4 Å². The van der Waals surface area contributed by atoms with Crippen molar-refractivity contribution in [2.75, 3.05) is 27.9 Å². The Morgan fingerprint density at radius 2 is 1.81 bits per heavy atom. The second kappa shape index (κ2) is 9.88. The molecule has 1 saturated heterocycles. The Kier molecular flexibility index (Phi) is 6.80. The Morgan fingerprint density at radius 3 is 2.53 bits per heavy atom. The van der Waals surface area contributed by atoms with Crippen molar-refractivity contribution in [3.63, 3.8) is 0 Å². The highest BCUT2D eigenvalue weighted by atomic mass is 32.2. The van der Waals surface area contributed by atoms with Crippen molar-refractivity contribution in [3.05, 3.63) is 30.6 Å². The summed E-state index contributed by atoms with van der Waals surface area (Å²) in [5.74, 6) is 0.258. The van der Waals surface area contributed by atoms with E-state index in [4.69, 9.17) is 4.74 Å². The third-order valence-corrected chi connectivity index (χ3v) is 9.34. The van der Waals surface area contributed by atoms with Gasteiger partial charge in [0.25, 0.3) is 0 Å². The molecule has 194 valence electrons. The van der Waals surface area contributed by atoms with Crippen LogP contribution in [-0.4, -0.2) is 60.4 Å². The molecule has 1 aliphatic carbocycles. The van der Waals surface area contributed by atoms with Crippen molar-refractivity contribution in [2.45, 2.75) is 77.0 Å². The standard InChI is InChI=1S/C26H34N4O5S/c1-18-15-28(26(32)35-23-8-4-3-5-9-23)25-13-20(10-11-24(25)30(18)19(2)31)21-14-27-29(16-21)22-7-6-12-36(33,34)17-22/h10-11,13-14,16,18,22-23H,3-9,12,15,17H2,1-2H3. The molecule has 0 N–H and O–H groups in total. The maximum absolute atomic E-state index is 13.3. The van der Waals surface area contributed by atoms with Gasteiger partial charge in [0, 0.05) is 25.2 Å². The van der Waals surface area contributed by atoms with Crippen molar-refractivity contribution in [1.29, 1.82) is 0 Å². The van der Waals surface area contributed by atoms with Gasteiger partial charge in [-0.15, -0.1) is 0 Å². The molecule has 2 aliphatic heterocycles. The highest BCUT2D eigenvalue weighted by molar-refractivity contribution is 7.91. The van der Waals surface area contributed by atoms with E-state index in [0.717, 1.165) is 43.2 Å². The summed E-state index contributed by atoms with van der Waals surface area (Å²) in [6.07, 6.45) is 9.65. The summed E-state index contributed by atoms with van der Waals surface area (Å²) in [6.45, 7) is 3.81. The van der Waals surface area contributed by atoms with Crippen molar-refractivity contribution >= 4 is 33.2 Å². The minimum atomic E-state index is -3.05. The second-order valence-electron chi connectivity index (χ2n) is 10.3. The van der Waals surface area contributed by atoms with E-state index in [9.17, 15) is 18.0 Å². The van der Waals surface area contributed by atoms with Crippen LogP contribution >= 0.6 is 0 Å². The van der Waals surface area contributed by atoms with Crippen molar-refractivity contribution in [2.24, 2.45) is 0 Å². The van der Waals surface area contributed by atoms with Crippen LogP contribution in [0.15, 0.2) is 30.6 Å². The Balaban J connectivity index is 1.45. The van der Waals surface area contributed by atoms with E-state index >= 15 is 0 Å². The lowest BCUT2D eigenvalue weighted by Gasteiger charge is -2.41. The average molecular weight is 515 g/mol. The molecule has 2 unspecified atom stereocenters. The molecular weight excluding hydrogens is 480 g/mol. The number of benzene rings is 1. The molecule has 5 rings (SSSR count). The van der Waals surface area contributed by atoms with Gasteiger partial charge in [0.1, 0.15) is 6.10 Å². The number of ether oxygens (including phenoxy) is 1. The molecule has 0 spiro atoms. The fourth-order valence-electron chi connectivity index (χ4n) is 5.74. The van der Waals surface area contributed by atoms with Gasteiger partial charge in [-0.2, -0.15) is 5.10 Å². The maximum Gasteiger partial charge on any atom is 0.414 e. The second-order valence-corrected chi connectivity index (χ2v) is 12.5. The van der Waals surface area contributed by atoms with Crippen molar-refractivity contribution in [3.8, 4) is 11.1 Å². The van der Waals surface area contributed by atoms with E-state index in [1.807, 2.05) is 31.3 Å². The van der Waals surface area contributed by atoms with Crippen molar-refractivity contribution in [1.82, 2.24) is 9.78 Å². The predicted molar refractivity (Wildman–Crippen MR) is 138 cm³/mol. The van der Waals surface area contributed by atoms with Crippen LogP contribution in [0.5, 0.6) is 0 Å². The molecule has 2 atom stereocenters. The molecule has 36 heavy (non-hydrogen) atoms. The fourth-order valence-corrected chi connectivity index (χ4v) is 7.42. The Morgan fingerprint density at radius 1 is 1.03 bits per heavy atom. The lowest BCUT2D eigenvalue weighted by molar-refractivity contribution is -0.117. The van der Waals surface area contributed by atoms with Crippen LogP contribution in [0.4, 0.5) is 16.2 Å². The van der Waals surface area contributed by atoms with Crippen LogP contribution in [-0.2, 0) is 19.4 Å². The minimum absolute atomic E-state index is 0.0657. The van der Waals surface area contributed by atoms with Gasteiger partial charge in [0.05, 0.1) is 41.2 Å². The number of hydrogen-bond acceptors (Lipinski definition) is 6. The zero-order valence-corrected chi connectivity index (χ0v) is 21.7. The number of anilines is 2. The monoisotopic (exact) mass is 514 g/mol. The summed E-state index contributed by atoms with van der Waals surface area (Å²) in [7, 11) is -3.05. The molecular formula is C26H34N4O5S. The van der Waals surface area contributed by atoms with E-state index in [2.05, 4.69) is 5.10 Å². The van der Waals surface area contributed by atoms with Gasteiger partial charge in [-0.25, -0.2) is 13.2 Å². The molecule has 0 radical (unpaired) electrons. The van der Waals surface area contributed by atoms with Gasteiger partial charge >= 0.3 is 6.09 Å². The summed E-state index contributed by atoms with van der Waals surface area (Å²) in [5, 5.41) is 4.46. The minimum Gasteiger partial charge on any atom is -0.446 e. The molecule has 2 fully saturated rings. The first kappa shape index (κ1) is 24.8. The van der Waals surface area contributed by atoms with E-state index in [1.165, 1.54) is 13.3 Å². The summed E-state index contributed by atoms with van der Waals surface area (Å²) >= 11 is 0. The van der Waals surface area contributed by atoms with Gasteiger partial charge in [0.2, 0.25) is 5.91 Å². The van der Waals surface area contributed by atoms with Crippen LogP contribution < -0.4 is 9.80 Å². The van der Waals surface area contributed by atoms with Gasteiger partial charge in [0.15, 0.2) is 9.84 Å². The topological polar surface area (TPSA) is 102 Å². The van der Waals surface area contributed by atoms with Crippen LogP contribution in [0.2, 0.25) is 0 Å². The van der Waals surface area contributed by atoms with Gasteiger partial charge < -0.3 is 9.64 Å². The first-order valence-electron chi connectivity index (χ1n) is 12.9. The summed E-state index contributed by atoms with van der Waals surface area (Å²) in [5.41, 5.74) is 2.98. The maximum atomic E-state index is 13.3. The summed E-state index contributed by atoms with van der Waals surface area (Å²) < 4.78 is 31.8. The average Bonchev–Trinajstić information content (AvgIpc) is 3.33. The zero-order chi connectivity index (χ0) is 25.4. The first-order chi connectivity index (χ1) is 17.2. The number of amides is 2. The fraction of sp³-hybridized carbons (Fsp3) is 0.577. The largest absolute Gasteiger partial charge is 0.446 e. The summed E-state index contributed by atoms with van der Waals surface area (Å²) in [6, 6.07) is 5.32. The molecule has 3 heterocycles. The SMILES string of the molecule is CC(=O)N1c2ccc(-c3cnn(C4CCCS(=O)(=O)C4)c3)cc2N(C(=O)OC2CCCCC2)CC1C. The number of fused-ring (bicyclic) bond motifs is 1. The van der Waals surface area contributed by atoms with Crippen LogP contribution in [0.25, 0.3) is 11.1 Å². The lowest BCUT2D eigenvalue weighted by atomic mass is 9.98. The molecule has 1 saturated carbocycles. The molecule has 1 aromatic heterocycles. The molecule has 2 amide bonds. The van der Waals surface area contributed by atoms with Gasteiger partial charge in [-0.1, -0.05) is 12.5 Å². The van der Waals surface area contributed by atoms with Gasteiger partial charge in [-0.05, 0) is 63.1 Å². The number of hydrogen-bond donors (Lipinski definition) is 0. The molecule has 2 aromatic rings. The highest BCUT2D eigenvalue weighted by Gasteiger charge is 2.36. The van der Waals surface area contributed by atoms with E-state index in [1.54, 1.807) is 20.7 Å². The Labute approximate surface area is 212 Å². The smallest absolute Gasteiger partial charge is 0.414 e. The van der Waals surface area contributed by atoms with Crippen LogP contribution in [0, 0.1) is 0 Å². The van der Waals surface area contributed by atoms with E-state index in [-0.39, 0.29) is 41.7 Å². The number of carbonyl (C=O) groups excluding carboxylic acids is 2. The number of carbonyl (C=O) groups is 2. The molecule has 10 heteroatoms. The number of nitrogens with zero attached hydrogens (tertiary/aromatic N) is 4. The predicted octanol–water partition coefficient (Wildman–Crippen LogP) is 4.33. The normalized spacial score (nSPS) is 24.3. The zero-order valence-electron chi connectivity index (χ0n) is 20.9. The molecule has 0 bridgehead atoms. The highest BCUT2D eigenvalue weighted by Crippen LogP contribution is 2.40. The quantitative estimate of drug-likeness (QED) is 0.604. The van der Waals surface area contributed by atoms with E-state index in [0.29, 0.717) is 24.3 Å². The van der Waals surface area contributed by atoms with Crippen LogP contribution in [0.1, 0.15) is 64.8 Å². The summed E-state index contributed by atoms with van der Waals surface area (Å²) in [4.78, 5) is 29.1. The van der Waals surface area contributed by atoms with E-state index < -0.39 is 9.84 Å².